The standard InChI is InChI=1S/C17H19NO3S/c19-17(13-21-14-5-2-1-3-6-14)18-9-8-16(22-12-10-18)15-7-4-11-20-15/h1-7,11,16H,8-10,12-13H2. The molecule has 1 saturated heterocycles. The molecule has 116 valence electrons. The van der Waals surface area contributed by atoms with Gasteiger partial charge in [0.15, 0.2) is 6.61 Å². The van der Waals surface area contributed by atoms with Crippen LogP contribution >= 0.6 is 11.8 Å². The Hall–Kier alpha value is -1.88. The summed E-state index contributed by atoms with van der Waals surface area (Å²) in [5, 5.41) is 0.336. The van der Waals surface area contributed by atoms with E-state index in [1.54, 1.807) is 6.26 Å². The summed E-state index contributed by atoms with van der Waals surface area (Å²) in [6.45, 7) is 1.61. The summed E-state index contributed by atoms with van der Waals surface area (Å²) in [5.41, 5.74) is 0. The lowest BCUT2D eigenvalue weighted by atomic mass is 10.2. The van der Waals surface area contributed by atoms with Crippen LogP contribution in [-0.2, 0) is 4.79 Å². The van der Waals surface area contributed by atoms with E-state index < -0.39 is 0 Å². The number of hydrogen-bond acceptors (Lipinski definition) is 4. The number of furan rings is 1. The lowest BCUT2D eigenvalue weighted by Gasteiger charge is -2.20. The summed E-state index contributed by atoms with van der Waals surface area (Å²) in [6, 6.07) is 13.4. The Kier molecular flexibility index (Phi) is 5.06. The Bertz CT molecular complexity index is 585. The maximum atomic E-state index is 12.3. The Morgan fingerprint density at radius 3 is 2.86 bits per heavy atom. The topological polar surface area (TPSA) is 42.7 Å². The van der Waals surface area contributed by atoms with Crippen molar-refractivity contribution in [1.29, 1.82) is 0 Å². The maximum absolute atomic E-state index is 12.3. The smallest absolute Gasteiger partial charge is 0.260 e. The Labute approximate surface area is 134 Å². The fourth-order valence-electron chi connectivity index (χ4n) is 2.47. The van der Waals surface area contributed by atoms with Gasteiger partial charge in [-0.3, -0.25) is 4.79 Å². The molecule has 0 radical (unpaired) electrons. The minimum Gasteiger partial charge on any atom is -0.484 e. The molecule has 0 aliphatic carbocycles. The van der Waals surface area contributed by atoms with E-state index in [1.165, 1.54) is 0 Å². The van der Waals surface area contributed by atoms with Gasteiger partial charge in [-0.05, 0) is 30.7 Å². The summed E-state index contributed by atoms with van der Waals surface area (Å²) < 4.78 is 11.0. The zero-order valence-corrected chi connectivity index (χ0v) is 13.1. The third kappa shape index (κ3) is 3.85. The predicted octanol–water partition coefficient (Wildman–Crippen LogP) is 3.37. The van der Waals surface area contributed by atoms with Gasteiger partial charge in [-0.25, -0.2) is 0 Å². The van der Waals surface area contributed by atoms with Gasteiger partial charge in [-0.2, -0.15) is 0 Å². The van der Waals surface area contributed by atoms with Crippen molar-refractivity contribution in [3.63, 3.8) is 0 Å². The molecule has 22 heavy (non-hydrogen) atoms. The van der Waals surface area contributed by atoms with Crippen molar-refractivity contribution in [2.24, 2.45) is 0 Å². The largest absolute Gasteiger partial charge is 0.484 e. The first-order valence-corrected chi connectivity index (χ1v) is 8.48. The molecule has 0 N–H and O–H groups in total. The van der Waals surface area contributed by atoms with Crippen molar-refractivity contribution < 1.29 is 13.9 Å². The molecule has 1 atom stereocenters. The summed E-state index contributed by atoms with van der Waals surface area (Å²) in [5.74, 6) is 2.69. The zero-order chi connectivity index (χ0) is 15.2. The van der Waals surface area contributed by atoms with Crippen LogP contribution in [0.25, 0.3) is 0 Å². The molecule has 2 aromatic rings. The first-order valence-electron chi connectivity index (χ1n) is 7.43. The van der Waals surface area contributed by atoms with Gasteiger partial charge in [0, 0.05) is 18.8 Å². The second-order valence-electron chi connectivity index (χ2n) is 5.15. The molecule has 1 aliphatic rings. The third-order valence-electron chi connectivity index (χ3n) is 3.66. The van der Waals surface area contributed by atoms with Crippen LogP contribution < -0.4 is 4.74 Å². The number of nitrogens with zero attached hydrogens (tertiary/aromatic N) is 1. The highest BCUT2D eigenvalue weighted by Gasteiger charge is 2.23. The SMILES string of the molecule is O=C(COc1ccccc1)N1CCSC(c2ccco2)CC1. The molecule has 5 heteroatoms. The summed E-state index contributed by atoms with van der Waals surface area (Å²) in [7, 11) is 0. The van der Waals surface area contributed by atoms with E-state index in [2.05, 4.69) is 0 Å². The third-order valence-corrected chi connectivity index (χ3v) is 4.95. The lowest BCUT2D eigenvalue weighted by Crippen LogP contribution is -2.36. The zero-order valence-electron chi connectivity index (χ0n) is 12.3. The van der Waals surface area contributed by atoms with E-state index in [0.29, 0.717) is 5.25 Å². The molecule has 1 aromatic heterocycles. The van der Waals surface area contributed by atoms with Crippen LogP contribution in [0.3, 0.4) is 0 Å². The van der Waals surface area contributed by atoms with Crippen molar-refractivity contribution in [1.82, 2.24) is 4.90 Å². The number of benzene rings is 1. The number of ether oxygens (including phenoxy) is 1. The number of carbonyl (C=O) groups is 1. The van der Waals surface area contributed by atoms with Gasteiger partial charge in [0.25, 0.3) is 5.91 Å². The molecular formula is C17H19NO3S. The Morgan fingerprint density at radius 2 is 2.09 bits per heavy atom. The molecule has 0 saturated carbocycles. The van der Waals surface area contributed by atoms with Gasteiger partial charge in [-0.1, -0.05) is 18.2 Å². The Morgan fingerprint density at radius 1 is 1.23 bits per heavy atom. The molecule has 0 spiro atoms. The highest BCUT2D eigenvalue weighted by atomic mass is 32.2. The predicted molar refractivity (Wildman–Crippen MR) is 87.0 cm³/mol. The van der Waals surface area contributed by atoms with E-state index in [9.17, 15) is 4.79 Å². The molecular weight excluding hydrogens is 298 g/mol. The average molecular weight is 317 g/mol. The van der Waals surface area contributed by atoms with Gasteiger partial charge in [0.05, 0.1) is 11.5 Å². The van der Waals surface area contributed by atoms with E-state index in [0.717, 1.165) is 36.8 Å². The molecule has 1 unspecified atom stereocenters. The van der Waals surface area contributed by atoms with E-state index in [1.807, 2.05) is 59.1 Å². The summed E-state index contributed by atoms with van der Waals surface area (Å²) >= 11 is 1.85. The quantitative estimate of drug-likeness (QED) is 0.867. The minimum atomic E-state index is 0.0459. The Balaban J connectivity index is 1.51. The molecule has 1 aliphatic heterocycles. The number of hydrogen-bond donors (Lipinski definition) is 0. The number of rotatable bonds is 4. The van der Waals surface area contributed by atoms with Crippen LogP contribution in [-0.4, -0.2) is 36.3 Å². The van der Waals surface area contributed by atoms with Gasteiger partial charge in [0.2, 0.25) is 0 Å². The lowest BCUT2D eigenvalue weighted by molar-refractivity contribution is -0.133. The fourth-order valence-corrected chi connectivity index (χ4v) is 3.66. The van der Waals surface area contributed by atoms with Crippen molar-refractivity contribution in [3.8, 4) is 5.75 Å². The van der Waals surface area contributed by atoms with Crippen LogP contribution in [0, 0.1) is 0 Å². The summed E-state index contributed by atoms with van der Waals surface area (Å²) in [4.78, 5) is 14.2. The highest BCUT2D eigenvalue weighted by molar-refractivity contribution is 7.99. The highest BCUT2D eigenvalue weighted by Crippen LogP contribution is 2.34. The van der Waals surface area contributed by atoms with Gasteiger partial charge in [-0.15, -0.1) is 11.8 Å². The van der Waals surface area contributed by atoms with Crippen LogP contribution in [0.4, 0.5) is 0 Å². The number of thioether (sulfide) groups is 1. The van der Waals surface area contributed by atoms with E-state index in [-0.39, 0.29) is 12.5 Å². The monoisotopic (exact) mass is 317 g/mol. The van der Waals surface area contributed by atoms with Gasteiger partial charge in [0.1, 0.15) is 11.5 Å². The molecule has 1 aromatic carbocycles. The van der Waals surface area contributed by atoms with Crippen molar-refractivity contribution in [2.45, 2.75) is 11.7 Å². The maximum Gasteiger partial charge on any atom is 0.260 e. The second kappa shape index (κ2) is 7.40. The molecule has 0 bridgehead atoms. The van der Waals surface area contributed by atoms with Crippen LogP contribution in [0.15, 0.2) is 53.1 Å². The molecule has 3 rings (SSSR count). The van der Waals surface area contributed by atoms with E-state index >= 15 is 0 Å². The van der Waals surface area contributed by atoms with Crippen LogP contribution in [0.2, 0.25) is 0 Å². The summed E-state index contributed by atoms with van der Waals surface area (Å²) in [6.07, 6.45) is 2.62. The van der Waals surface area contributed by atoms with Crippen molar-refractivity contribution in [3.05, 3.63) is 54.5 Å². The van der Waals surface area contributed by atoms with Crippen molar-refractivity contribution in [2.75, 3.05) is 25.4 Å². The van der Waals surface area contributed by atoms with Gasteiger partial charge < -0.3 is 14.1 Å². The number of amides is 1. The van der Waals surface area contributed by atoms with E-state index in [4.69, 9.17) is 9.15 Å². The molecule has 4 nitrogen and oxygen atoms in total. The first kappa shape index (κ1) is 15.0. The average Bonchev–Trinajstić information content (AvgIpc) is 2.98. The number of para-hydroxylation sites is 1. The molecule has 2 heterocycles. The first-order chi connectivity index (χ1) is 10.8. The molecule has 1 amide bonds. The second-order valence-corrected chi connectivity index (χ2v) is 6.46. The number of carbonyl (C=O) groups excluding carboxylic acids is 1. The van der Waals surface area contributed by atoms with Crippen LogP contribution in [0.1, 0.15) is 17.4 Å². The molecule has 1 fully saturated rings. The van der Waals surface area contributed by atoms with Crippen molar-refractivity contribution >= 4 is 17.7 Å². The van der Waals surface area contributed by atoms with Gasteiger partial charge >= 0.3 is 0 Å². The fraction of sp³-hybridized carbons (Fsp3) is 0.353. The minimum absolute atomic E-state index is 0.0459. The normalized spacial score (nSPS) is 18.7. The van der Waals surface area contributed by atoms with Crippen LogP contribution in [0.5, 0.6) is 5.75 Å².